The van der Waals surface area contributed by atoms with Crippen molar-refractivity contribution in [1.82, 2.24) is 4.90 Å². The lowest BCUT2D eigenvalue weighted by Crippen LogP contribution is -2.42. The van der Waals surface area contributed by atoms with Crippen molar-refractivity contribution >= 4 is 0 Å². The van der Waals surface area contributed by atoms with E-state index in [1.165, 1.54) is 6.07 Å². The zero-order valence-electron chi connectivity index (χ0n) is 12.6. The van der Waals surface area contributed by atoms with Crippen molar-refractivity contribution in [3.05, 3.63) is 35.4 Å². The molecule has 2 N–H and O–H groups in total. The minimum atomic E-state index is -4.33. The zero-order chi connectivity index (χ0) is 15.7. The second-order valence-corrected chi connectivity index (χ2v) is 6.54. The van der Waals surface area contributed by atoms with E-state index in [9.17, 15) is 13.2 Å². The molecule has 0 bridgehead atoms. The maximum atomic E-state index is 13.2. The van der Waals surface area contributed by atoms with Crippen LogP contribution < -0.4 is 5.73 Å². The van der Waals surface area contributed by atoms with E-state index in [1.54, 1.807) is 12.1 Å². The fourth-order valence-electron chi connectivity index (χ4n) is 2.96. The lowest BCUT2D eigenvalue weighted by molar-refractivity contribution is -0.138. The van der Waals surface area contributed by atoms with Gasteiger partial charge in [-0.05, 0) is 43.0 Å². The summed E-state index contributed by atoms with van der Waals surface area (Å²) in [5.74, 6) is 0. The molecule has 118 valence electrons. The Balaban J connectivity index is 2.27. The van der Waals surface area contributed by atoms with Gasteiger partial charge in [0.15, 0.2) is 0 Å². The molecule has 1 aromatic rings. The second kappa shape index (κ2) is 5.97. The molecule has 1 fully saturated rings. The molecule has 1 atom stereocenters. The van der Waals surface area contributed by atoms with E-state index in [4.69, 9.17) is 5.73 Å². The van der Waals surface area contributed by atoms with Gasteiger partial charge in [-0.25, -0.2) is 0 Å². The Morgan fingerprint density at radius 3 is 2.29 bits per heavy atom. The molecule has 0 spiro atoms. The van der Waals surface area contributed by atoms with Gasteiger partial charge in [0.1, 0.15) is 0 Å². The van der Waals surface area contributed by atoms with Crippen molar-refractivity contribution in [3.8, 4) is 0 Å². The van der Waals surface area contributed by atoms with Gasteiger partial charge in [0, 0.05) is 12.6 Å². The first-order valence-electron chi connectivity index (χ1n) is 7.35. The molecule has 1 heterocycles. The molecular weight excluding hydrogens is 277 g/mol. The summed E-state index contributed by atoms with van der Waals surface area (Å²) in [5.41, 5.74) is 5.80. The second-order valence-electron chi connectivity index (χ2n) is 6.54. The van der Waals surface area contributed by atoms with Gasteiger partial charge >= 0.3 is 6.18 Å². The van der Waals surface area contributed by atoms with Crippen LogP contribution in [0.5, 0.6) is 0 Å². The summed E-state index contributed by atoms with van der Waals surface area (Å²) in [4.78, 5) is 2.09. The van der Waals surface area contributed by atoms with Crippen LogP contribution in [-0.2, 0) is 6.18 Å². The van der Waals surface area contributed by atoms with Crippen molar-refractivity contribution < 1.29 is 13.2 Å². The number of nitrogens with zero attached hydrogens (tertiary/aromatic N) is 1. The highest BCUT2D eigenvalue weighted by Gasteiger charge is 2.37. The average molecular weight is 300 g/mol. The predicted octanol–water partition coefficient (Wildman–Crippen LogP) is 3.83. The fraction of sp³-hybridized carbons (Fsp3) is 0.625. The van der Waals surface area contributed by atoms with Crippen LogP contribution in [0.1, 0.15) is 43.9 Å². The highest BCUT2D eigenvalue weighted by atomic mass is 19.4. The standard InChI is InChI=1S/C16H23F3N2/c1-15(2)7-9-21(10-8-15)14(11-20)12-5-3-4-6-13(12)16(17,18)19/h3-6,14H,7-11,20H2,1-2H3. The topological polar surface area (TPSA) is 29.3 Å². The summed E-state index contributed by atoms with van der Waals surface area (Å²) in [6.45, 7) is 6.19. The number of hydrogen-bond donors (Lipinski definition) is 1. The number of hydrogen-bond acceptors (Lipinski definition) is 2. The van der Waals surface area contributed by atoms with Gasteiger partial charge in [-0.15, -0.1) is 0 Å². The zero-order valence-corrected chi connectivity index (χ0v) is 12.6. The molecule has 1 aliphatic heterocycles. The maximum absolute atomic E-state index is 13.2. The van der Waals surface area contributed by atoms with E-state index in [1.807, 2.05) is 0 Å². The molecule has 0 amide bonds. The third kappa shape index (κ3) is 3.77. The van der Waals surface area contributed by atoms with Crippen LogP contribution in [0.2, 0.25) is 0 Å². The van der Waals surface area contributed by atoms with Gasteiger partial charge in [0.05, 0.1) is 5.56 Å². The van der Waals surface area contributed by atoms with Crippen LogP contribution in [0, 0.1) is 5.41 Å². The monoisotopic (exact) mass is 300 g/mol. The Kier molecular flexibility index (Phi) is 4.63. The molecule has 2 nitrogen and oxygen atoms in total. The lowest BCUT2D eigenvalue weighted by atomic mass is 9.81. The van der Waals surface area contributed by atoms with Crippen molar-refractivity contribution in [3.63, 3.8) is 0 Å². The first-order chi connectivity index (χ1) is 9.74. The van der Waals surface area contributed by atoms with E-state index < -0.39 is 11.7 Å². The quantitative estimate of drug-likeness (QED) is 0.919. The van der Waals surface area contributed by atoms with E-state index >= 15 is 0 Å². The van der Waals surface area contributed by atoms with E-state index in [-0.39, 0.29) is 18.0 Å². The average Bonchev–Trinajstić information content (AvgIpc) is 2.41. The number of rotatable bonds is 3. The third-order valence-corrected chi connectivity index (χ3v) is 4.44. The molecule has 5 heteroatoms. The van der Waals surface area contributed by atoms with Gasteiger partial charge in [-0.1, -0.05) is 32.0 Å². The van der Waals surface area contributed by atoms with Gasteiger partial charge < -0.3 is 5.73 Å². The Bertz CT molecular complexity index is 473. The number of halogens is 3. The number of alkyl halides is 3. The Hall–Kier alpha value is -1.07. The number of likely N-dealkylation sites (tertiary alicyclic amines) is 1. The normalized spacial score (nSPS) is 21.2. The SMILES string of the molecule is CC1(C)CCN(C(CN)c2ccccc2C(F)(F)F)CC1. The molecule has 1 saturated heterocycles. The number of benzene rings is 1. The Labute approximate surface area is 124 Å². The van der Waals surface area contributed by atoms with Crippen LogP contribution in [0.15, 0.2) is 24.3 Å². The van der Waals surface area contributed by atoms with Gasteiger partial charge in [0.2, 0.25) is 0 Å². The molecular formula is C16H23F3N2. The van der Waals surface area contributed by atoms with Crippen LogP contribution >= 0.6 is 0 Å². The summed E-state index contributed by atoms with van der Waals surface area (Å²) in [7, 11) is 0. The van der Waals surface area contributed by atoms with Gasteiger partial charge in [-0.3, -0.25) is 4.90 Å². The predicted molar refractivity (Wildman–Crippen MR) is 77.8 cm³/mol. The van der Waals surface area contributed by atoms with Crippen LogP contribution in [-0.4, -0.2) is 24.5 Å². The lowest BCUT2D eigenvalue weighted by Gasteiger charge is -2.41. The number of piperidine rings is 1. The molecule has 0 aliphatic carbocycles. The minimum Gasteiger partial charge on any atom is -0.329 e. The summed E-state index contributed by atoms with van der Waals surface area (Å²) in [5, 5.41) is 0. The van der Waals surface area contributed by atoms with E-state index in [0.29, 0.717) is 5.56 Å². The van der Waals surface area contributed by atoms with Gasteiger partial charge in [0.25, 0.3) is 0 Å². The van der Waals surface area contributed by atoms with Crippen molar-refractivity contribution in [2.24, 2.45) is 11.1 Å². The molecule has 21 heavy (non-hydrogen) atoms. The summed E-state index contributed by atoms with van der Waals surface area (Å²) in [6.07, 6.45) is -2.37. The molecule has 0 saturated carbocycles. The highest BCUT2D eigenvalue weighted by molar-refractivity contribution is 5.32. The van der Waals surface area contributed by atoms with Crippen molar-refractivity contribution in [2.45, 2.75) is 38.9 Å². The molecule has 1 unspecified atom stereocenters. The molecule has 2 rings (SSSR count). The summed E-state index contributed by atoms with van der Waals surface area (Å²) in [6, 6.07) is 5.42. The summed E-state index contributed by atoms with van der Waals surface area (Å²) >= 11 is 0. The van der Waals surface area contributed by atoms with Crippen LogP contribution in [0.3, 0.4) is 0 Å². The van der Waals surface area contributed by atoms with E-state index in [0.717, 1.165) is 32.0 Å². The fourth-order valence-corrected chi connectivity index (χ4v) is 2.96. The minimum absolute atomic E-state index is 0.202. The summed E-state index contributed by atoms with van der Waals surface area (Å²) < 4.78 is 39.5. The Morgan fingerprint density at radius 1 is 1.19 bits per heavy atom. The smallest absolute Gasteiger partial charge is 0.329 e. The number of nitrogens with two attached hydrogens (primary N) is 1. The highest BCUT2D eigenvalue weighted by Crippen LogP contribution is 2.38. The largest absolute Gasteiger partial charge is 0.416 e. The maximum Gasteiger partial charge on any atom is 0.416 e. The van der Waals surface area contributed by atoms with Gasteiger partial charge in [-0.2, -0.15) is 13.2 Å². The molecule has 0 radical (unpaired) electrons. The molecule has 1 aliphatic rings. The van der Waals surface area contributed by atoms with E-state index in [2.05, 4.69) is 18.7 Å². The first kappa shape index (κ1) is 16.3. The molecule has 0 aromatic heterocycles. The van der Waals surface area contributed by atoms with Crippen molar-refractivity contribution in [2.75, 3.05) is 19.6 Å². The van der Waals surface area contributed by atoms with Crippen molar-refractivity contribution in [1.29, 1.82) is 0 Å². The first-order valence-corrected chi connectivity index (χ1v) is 7.35. The molecule has 1 aromatic carbocycles. The van der Waals surface area contributed by atoms with Crippen LogP contribution in [0.4, 0.5) is 13.2 Å². The Morgan fingerprint density at radius 2 is 1.76 bits per heavy atom. The third-order valence-electron chi connectivity index (χ3n) is 4.44. The van der Waals surface area contributed by atoms with Crippen LogP contribution in [0.25, 0.3) is 0 Å².